The molecule has 3 rings (SSSR count). The molecule has 0 spiro atoms. The maximum atomic E-state index is 13.0. The SMILES string of the molecule is O=C(CCCN1C(=O)/C(=C/c2ccc(F)cc2)SC1=S)Nc1ccccn1. The molecule has 1 aliphatic rings. The van der Waals surface area contributed by atoms with E-state index < -0.39 is 0 Å². The highest BCUT2D eigenvalue weighted by molar-refractivity contribution is 8.26. The van der Waals surface area contributed by atoms with Crippen LogP contribution in [0.25, 0.3) is 6.08 Å². The van der Waals surface area contributed by atoms with Gasteiger partial charge in [-0.3, -0.25) is 14.5 Å². The fraction of sp³-hybridized carbons (Fsp3) is 0.158. The van der Waals surface area contributed by atoms with Crippen LogP contribution >= 0.6 is 24.0 Å². The van der Waals surface area contributed by atoms with E-state index >= 15 is 0 Å². The molecule has 0 unspecified atom stereocenters. The highest BCUT2D eigenvalue weighted by Crippen LogP contribution is 2.32. The molecule has 1 aromatic carbocycles. The van der Waals surface area contributed by atoms with Gasteiger partial charge in [-0.25, -0.2) is 9.37 Å². The van der Waals surface area contributed by atoms with Gasteiger partial charge in [-0.2, -0.15) is 0 Å². The molecule has 0 bridgehead atoms. The zero-order valence-corrected chi connectivity index (χ0v) is 15.9. The van der Waals surface area contributed by atoms with Crippen LogP contribution in [0.1, 0.15) is 18.4 Å². The van der Waals surface area contributed by atoms with Crippen molar-refractivity contribution in [1.29, 1.82) is 0 Å². The number of thioether (sulfide) groups is 1. The van der Waals surface area contributed by atoms with Gasteiger partial charge >= 0.3 is 0 Å². The van der Waals surface area contributed by atoms with Crippen molar-refractivity contribution in [3.63, 3.8) is 0 Å². The summed E-state index contributed by atoms with van der Waals surface area (Å²) in [7, 11) is 0. The van der Waals surface area contributed by atoms with Gasteiger partial charge in [0.2, 0.25) is 5.91 Å². The van der Waals surface area contributed by atoms with Crippen LogP contribution < -0.4 is 5.32 Å². The number of halogens is 1. The van der Waals surface area contributed by atoms with Gasteiger partial charge in [0.15, 0.2) is 0 Å². The lowest BCUT2D eigenvalue weighted by Crippen LogP contribution is -2.29. The summed E-state index contributed by atoms with van der Waals surface area (Å²) in [6.45, 7) is 0.362. The van der Waals surface area contributed by atoms with Crippen molar-refractivity contribution >= 4 is 52.0 Å². The summed E-state index contributed by atoms with van der Waals surface area (Å²) < 4.78 is 13.4. The molecule has 2 heterocycles. The molecular weight excluding hydrogens is 385 g/mol. The Morgan fingerprint density at radius 2 is 2.04 bits per heavy atom. The Morgan fingerprint density at radius 3 is 2.74 bits per heavy atom. The fourth-order valence-corrected chi connectivity index (χ4v) is 3.75. The average Bonchev–Trinajstić information content (AvgIpc) is 2.92. The first kappa shape index (κ1) is 19.2. The summed E-state index contributed by atoms with van der Waals surface area (Å²) in [6.07, 6.45) is 4.02. The van der Waals surface area contributed by atoms with Crippen molar-refractivity contribution in [3.05, 3.63) is 64.9 Å². The fourth-order valence-electron chi connectivity index (χ4n) is 2.44. The molecule has 27 heavy (non-hydrogen) atoms. The summed E-state index contributed by atoms with van der Waals surface area (Å²) in [5, 5.41) is 2.70. The zero-order valence-electron chi connectivity index (χ0n) is 14.2. The van der Waals surface area contributed by atoms with Crippen molar-refractivity contribution in [2.45, 2.75) is 12.8 Å². The van der Waals surface area contributed by atoms with E-state index in [9.17, 15) is 14.0 Å². The van der Waals surface area contributed by atoms with E-state index in [-0.39, 0.29) is 24.1 Å². The second kappa shape index (κ2) is 8.88. The first-order valence-corrected chi connectivity index (χ1v) is 9.47. The topological polar surface area (TPSA) is 62.3 Å². The predicted molar refractivity (Wildman–Crippen MR) is 108 cm³/mol. The number of amides is 2. The Morgan fingerprint density at radius 1 is 1.26 bits per heavy atom. The number of hydrogen-bond acceptors (Lipinski definition) is 5. The monoisotopic (exact) mass is 401 g/mol. The van der Waals surface area contributed by atoms with E-state index in [0.29, 0.717) is 28.0 Å². The Labute approximate surface area is 165 Å². The van der Waals surface area contributed by atoms with Crippen LogP contribution in [0.15, 0.2) is 53.6 Å². The van der Waals surface area contributed by atoms with Gasteiger partial charge in [0.05, 0.1) is 4.91 Å². The lowest BCUT2D eigenvalue weighted by molar-refractivity contribution is -0.122. The summed E-state index contributed by atoms with van der Waals surface area (Å²) in [5.41, 5.74) is 0.728. The minimum Gasteiger partial charge on any atom is -0.311 e. The average molecular weight is 401 g/mol. The van der Waals surface area contributed by atoms with Crippen molar-refractivity contribution in [1.82, 2.24) is 9.88 Å². The molecule has 1 aromatic heterocycles. The van der Waals surface area contributed by atoms with Gasteiger partial charge in [-0.15, -0.1) is 0 Å². The quantitative estimate of drug-likeness (QED) is 0.589. The Kier molecular flexibility index (Phi) is 6.31. The predicted octanol–water partition coefficient (Wildman–Crippen LogP) is 3.84. The number of benzene rings is 1. The van der Waals surface area contributed by atoms with Gasteiger partial charge in [0.25, 0.3) is 5.91 Å². The van der Waals surface area contributed by atoms with Crippen LogP contribution in [0.2, 0.25) is 0 Å². The first-order valence-electron chi connectivity index (χ1n) is 8.25. The molecule has 2 amide bonds. The zero-order chi connectivity index (χ0) is 19.2. The molecule has 0 saturated carbocycles. The van der Waals surface area contributed by atoms with E-state index in [1.54, 1.807) is 42.6 Å². The highest BCUT2D eigenvalue weighted by atomic mass is 32.2. The number of hydrogen-bond donors (Lipinski definition) is 1. The standard InChI is InChI=1S/C19H16FN3O2S2/c20-14-8-6-13(7-9-14)12-15-18(25)23(19(26)27-15)11-3-5-17(24)22-16-4-1-2-10-21-16/h1-2,4,6-10,12H,3,5,11H2,(H,21,22,24)/b15-12-. The molecule has 1 fully saturated rings. The molecule has 1 N–H and O–H groups in total. The van der Waals surface area contributed by atoms with E-state index in [0.717, 1.165) is 5.56 Å². The van der Waals surface area contributed by atoms with Gasteiger partial charge < -0.3 is 5.32 Å². The maximum absolute atomic E-state index is 13.0. The Hall–Kier alpha value is -2.58. The van der Waals surface area contributed by atoms with Crippen LogP contribution in [0, 0.1) is 5.82 Å². The summed E-state index contributed by atoms with van der Waals surface area (Å²) >= 11 is 6.48. The van der Waals surface area contributed by atoms with Crippen LogP contribution in [0.4, 0.5) is 10.2 Å². The second-order valence-corrected chi connectivity index (χ2v) is 7.43. The highest BCUT2D eigenvalue weighted by Gasteiger charge is 2.31. The third-order valence-electron chi connectivity index (χ3n) is 3.76. The molecule has 138 valence electrons. The van der Waals surface area contributed by atoms with Crippen molar-refractivity contribution < 1.29 is 14.0 Å². The van der Waals surface area contributed by atoms with E-state index in [1.165, 1.54) is 28.8 Å². The van der Waals surface area contributed by atoms with Crippen molar-refractivity contribution in [3.8, 4) is 0 Å². The van der Waals surface area contributed by atoms with Gasteiger partial charge in [0, 0.05) is 19.2 Å². The number of anilines is 1. The van der Waals surface area contributed by atoms with Crippen LogP contribution in [0.3, 0.4) is 0 Å². The maximum Gasteiger partial charge on any atom is 0.266 e. The lowest BCUT2D eigenvalue weighted by atomic mass is 10.2. The molecule has 0 atom stereocenters. The number of carbonyl (C=O) groups excluding carboxylic acids is 2. The van der Waals surface area contributed by atoms with Gasteiger partial charge in [0.1, 0.15) is 16.0 Å². The molecular formula is C19H16FN3O2S2. The normalized spacial score (nSPS) is 15.4. The molecule has 1 saturated heterocycles. The molecule has 1 aliphatic heterocycles. The molecule has 0 radical (unpaired) electrons. The summed E-state index contributed by atoms with van der Waals surface area (Å²) in [5.74, 6) is -0.195. The number of rotatable bonds is 6. The van der Waals surface area contributed by atoms with Crippen molar-refractivity contribution in [2.24, 2.45) is 0 Å². The number of pyridine rings is 1. The second-order valence-electron chi connectivity index (χ2n) is 5.75. The summed E-state index contributed by atoms with van der Waals surface area (Å²) in [4.78, 5) is 30.5. The van der Waals surface area contributed by atoms with E-state index in [1.807, 2.05) is 0 Å². The molecule has 2 aromatic rings. The minimum absolute atomic E-state index is 0.166. The summed E-state index contributed by atoms with van der Waals surface area (Å²) in [6, 6.07) is 11.1. The number of thiocarbonyl (C=S) groups is 1. The van der Waals surface area contributed by atoms with Gasteiger partial charge in [-0.1, -0.05) is 42.2 Å². The lowest BCUT2D eigenvalue weighted by Gasteiger charge is -2.14. The number of carbonyl (C=O) groups is 2. The smallest absolute Gasteiger partial charge is 0.266 e. The van der Waals surface area contributed by atoms with E-state index in [4.69, 9.17) is 12.2 Å². The number of nitrogens with zero attached hydrogens (tertiary/aromatic N) is 2. The first-order chi connectivity index (χ1) is 13.0. The number of nitrogens with one attached hydrogen (secondary N) is 1. The van der Waals surface area contributed by atoms with Crippen LogP contribution in [-0.4, -0.2) is 32.6 Å². The largest absolute Gasteiger partial charge is 0.311 e. The number of aromatic nitrogens is 1. The molecule has 8 heteroatoms. The van der Waals surface area contributed by atoms with E-state index in [2.05, 4.69) is 10.3 Å². The van der Waals surface area contributed by atoms with Crippen LogP contribution in [-0.2, 0) is 9.59 Å². The Bertz CT molecular complexity index is 886. The van der Waals surface area contributed by atoms with Gasteiger partial charge in [-0.05, 0) is 42.3 Å². The minimum atomic E-state index is -0.330. The molecule has 0 aliphatic carbocycles. The third-order valence-corrected chi connectivity index (χ3v) is 5.14. The third kappa shape index (κ3) is 5.21. The van der Waals surface area contributed by atoms with Crippen molar-refractivity contribution in [2.75, 3.05) is 11.9 Å². The van der Waals surface area contributed by atoms with Crippen LogP contribution in [0.5, 0.6) is 0 Å². The Balaban J connectivity index is 1.53. The molecule has 5 nitrogen and oxygen atoms in total.